The van der Waals surface area contributed by atoms with E-state index in [0.29, 0.717) is 22.8 Å². The van der Waals surface area contributed by atoms with Gasteiger partial charge >= 0.3 is 0 Å². The summed E-state index contributed by atoms with van der Waals surface area (Å²) in [7, 11) is -2.17. The van der Waals surface area contributed by atoms with E-state index in [0.717, 1.165) is 5.56 Å². The number of amides is 1. The van der Waals surface area contributed by atoms with Crippen LogP contribution in [0.2, 0.25) is 5.02 Å². The molecule has 0 aliphatic heterocycles. The molecular formula is C21H19ClN2O3S. The first kappa shape index (κ1) is 19.9. The normalized spacial score (nSPS) is 11.1. The van der Waals surface area contributed by atoms with Gasteiger partial charge in [-0.3, -0.25) is 9.10 Å². The molecule has 1 amide bonds. The zero-order valence-electron chi connectivity index (χ0n) is 15.2. The topological polar surface area (TPSA) is 66.5 Å². The molecule has 5 nitrogen and oxygen atoms in total. The van der Waals surface area contributed by atoms with Crippen LogP contribution in [0.1, 0.15) is 15.9 Å². The minimum Gasteiger partial charge on any atom is -0.348 e. The minimum absolute atomic E-state index is 0.210. The Hall–Kier alpha value is -2.83. The molecule has 0 bridgehead atoms. The summed E-state index contributed by atoms with van der Waals surface area (Å²) in [6.07, 6.45) is 0. The summed E-state index contributed by atoms with van der Waals surface area (Å²) in [6.45, 7) is 0.375. The lowest BCUT2D eigenvalue weighted by atomic mass is 10.2. The van der Waals surface area contributed by atoms with Gasteiger partial charge in [0, 0.05) is 24.2 Å². The lowest BCUT2D eigenvalue weighted by Crippen LogP contribution is -2.27. The maximum Gasteiger partial charge on any atom is 0.264 e. The van der Waals surface area contributed by atoms with Crippen molar-refractivity contribution in [3.63, 3.8) is 0 Å². The maximum atomic E-state index is 12.7. The Labute approximate surface area is 169 Å². The molecule has 0 spiro atoms. The third-order valence-electron chi connectivity index (χ3n) is 4.26. The lowest BCUT2D eigenvalue weighted by Gasteiger charge is -2.19. The molecule has 0 aromatic heterocycles. The summed E-state index contributed by atoms with van der Waals surface area (Å²) < 4.78 is 26.5. The minimum atomic E-state index is -3.65. The van der Waals surface area contributed by atoms with Gasteiger partial charge in [-0.05, 0) is 54.1 Å². The molecule has 1 N–H and O–H groups in total. The Kier molecular flexibility index (Phi) is 6.02. The molecule has 0 heterocycles. The van der Waals surface area contributed by atoms with Gasteiger partial charge in [-0.25, -0.2) is 8.42 Å². The van der Waals surface area contributed by atoms with E-state index in [4.69, 9.17) is 11.6 Å². The summed E-state index contributed by atoms with van der Waals surface area (Å²) >= 11 is 5.85. The number of rotatable bonds is 6. The number of nitrogens with one attached hydrogen (secondary N) is 1. The van der Waals surface area contributed by atoms with Crippen molar-refractivity contribution in [2.75, 3.05) is 11.4 Å². The Balaban J connectivity index is 1.68. The fourth-order valence-electron chi connectivity index (χ4n) is 2.60. The molecule has 0 saturated carbocycles. The number of hydrogen-bond acceptors (Lipinski definition) is 3. The lowest BCUT2D eigenvalue weighted by molar-refractivity contribution is 0.0951. The van der Waals surface area contributed by atoms with Gasteiger partial charge in [-0.15, -0.1) is 0 Å². The molecule has 0 unspecified atom stereocenters. The van der Waals surface area contributed by atoms with Gasteiger partial charge in [0.1, 0.15) is 0 Å². The summed E-state index contributed by atoms with van der Waals surface area (Å²) in [5.74, 6) is -0.241. The zero-order chi connectivity index (χ0) is 20.1. The van der Waals surface area contributed by atoms with Crippen LogP contribution in [0, 0.1) is 0 Å². The number of carbonyl (C=O) groups excluding carboxylic acids is 1. The molecule has 0 radical (unpaired) electrons. The molecule has 0 aliphatic carbocycles. The average molecular weight is 415 g/mol. The first-order chi connectivity index (χ1) is 13.4. The van der Waals surface area contributed by atoms with Crippen LogP contribution < -0.4 is 9.62 Å². The second kappa shape index (κ2) is 8.46. The first-order valence-electron chi connectivity index (χ1n) is 8.54. The van der Waals surface area contributed by atoms with Gasteiger partial charge < -0.3 is 5.32 Å². The zero-order valence-corrected chi connectivity index (χ0v) is 16.7. The van der Waals surface area contributed by atoms with Crippen LogP contribution in [0.4, 0.5) is 5.69 Å². The maximum absolute atomic E-state index is 12.7. The molecule has 144 valence electrons. The highest BCUT2D eigenvalue weighted by Gasteiger charge is 2.21. The number of nitrogens with zero attached hydrogens (tertiary/aromatic N) is 1. The van der Waals surface area contributed by atoms with E-state index in [9.17, 15) is 13.2 Å². The standard InChI is InChI=1S/C21H19ClN2O3S/c1-24(28(26,27)20-5-3-2-4-6-20)19-13-9-17(10-14-19)21(25)23-15-16-7-11-18(22)12-8-16/h2-14H,15H2,1H3,(H,23,25). The van der Waals surface area contributed by atoms with Crippen molar-refractivity contribution >= 4 is 33.2 Å². The summed E-state index contributed by atoms with van der Waals surface area (Å²) in [6, 6.07) is 21.8. The van der Waals surface area contributed by atoms with E-state index in [-0.39, 0.29) is 10.8 Å². The third kappa shape index (κ3) is 4.52. The molecule has 3 rings (SSSR count). The number of hydrogen-bond donors (Lipinski definition) is 1. The average Bonchev–Trinajstić information content (AvgIpc) is 2.73. The molecule has 3 aromatic carbocycles. The molecule has 28 heavy (non-hydrogen) atoms. The molecule has 0 aliphatic rings. The van der Waals surface area contributed by atoms with Crippen molar-refractivity contribution in [2.24, 2.45) is 0 Å². The molecule has 0 saturated heterocycles. The van der Waals surface area contributed by atoms with Crippen molar-refractivity contribution in [3.05, 3.63) is 95.0 Å². The van der Waals surface area contributed by atoms with Gasteiger partial charge in [0.15, 0.2) is 0 Å². The smallest absolute Gasteiger partial charge is 0.264 e. The Morgan fingerprint density at radius 1 is 0.929 bits per heavy atom. The van der Waals surface area contributed by atoms with E-state index in [1.54, 1.807) is 66.7 Å². The third-order valence-corrected chi connectivity index (χ3v) is 6.31. The summed E-state index contributed by atoms with van der Waals surface area (Å²) in [5.41, 5.74) is 1.85. The summed E-state index contributed by atoms with van der Waals surface area (Å²) in [4.78, 5) is 12.5. The second-order valence-electron chi connectivity index (χ2n) is 6.14. The van der Waals surface area contributed by atoms with Crippen molar-refractivity contribution in [2.45, 2.75) is 11.4 Å². The van der Waals surface area contributed by atoms with Crippen molar-refractivity contribution in [1.29, 1.82) is 0 Å². The quantitative estimate of drug-likeness (QED) is 0.660. The van der Waals surface area contributed by atoms with Crippen molar-refractivity contribution in [1.82, 2.24) is 5.32 Å². The van der Waals surface area contributed by atoms with Crippen LogP contribution in [-0.4, -0.2) is 21.4 Å². The number of sulfonamides is 1. The van der Waals surface area contributed by atoms with E-state index >= 15 is 0 Å². The Morgan fingerprint density at radius 3 is 2.14 bits per heavy atom. The fourth-order valence-corrected chi connectivity index (χ4v) is 3.94. The molecule has 3 aromatic rings. The number of benzene rings is 3. The molecule has 0 fully saturated rings. The molecular weight excluding hydrogens is 396 g/mol. The first-order valence-corrected chi connectivity index (χ1v) is 10.4. The molecule has 7 heteroatoms. The monoisotopic (exact) mass is 414 g/mol. The number of carbonyl (C=O) groups is 1. The highest BCUT2D eigenvalue weighted by Crippen LogP contribution is 2.22. The van der Waals surface area contributed by atoms with Gasteiger partial charge in [-0.2, -0.15) is 0 Å². The highest BCUT2D eigenvalue weighted by molar-refractivity contribution is 7.92. The Morgan fingerprint density at radius 2 is 1.54 bits per heavy atom. The van der Waals surface area contributed by atoms with E-state index in [1.165, 1.54) is 11.4 Å². The second-order valence-corrected chi connectivity index (χ2v) is 8.55. The van der Waals surface area contributed by atoms with E-state index < -0.39 is 10.0 Å². The van der Waals surface area contributed by atoms with Crippen LogP contribution in [0.25, 0.3) is 0 Å². The summed E-state index contributed by atoms with van der Waals surface area (Å²) in [5, 5.41) is 3.46. The van der Waals surface area contributed by atoms with Crippen molar-refractivity contribution in [3.8, 4) is 0 Å². The largest absolute Gasteiger partial charge is 0.348 e. The predicted octanol–water partition coefficient (Wildman–Crippen LogP) is 4.10. The SMILES string of the molecule is CN(c1ccc(C(=O)NCc2ccc(Cl)cc2)cc1)S(=O)(=O)c1ccccc1. The number of halogens is 1. The van der Waals surface area contributed by atoms with Gasteiger partial charge in [0.2, 0.25) is 0 Å². The van der Waals surface area contributed by atoms with Gasteiger partial charge in [0.05, 0.1) is 10.6 Å². The van der Waals surface area contributed by atoms with Crippen LogP contribution in [0.3, 0.4) is 0 Å². The van der Waals surface area contributed by atoms with Crippen molar-refractivity contribution < 1.29 is 13.2 Å². The van der Waals surface area contributed by atoms with E-state index in [2.05, 4.69) is 5.32 Å². The Bertz CT molecular complexity index is 1050. The number of anilines is 1. The van der Waals surface area contributed by atoms with Crippen LogP contribution in [0.5, 0.6) is 0 Å². The van der Waals surface area contributed by atoms with Crippen LogP contribution >= 0.6 is 11.6 Å². The van der Waals surface area contributed by atoms with Crippen LogP contribution in [-0.2, 0) is 16.6 Å². The van der Waals surface area contributed by atoms with E-state index in [1.807, 2.05) is 12.1 Å². The fraction of sp³-hybridized carbons (Fsp3) is 0.0952. The highest BCUT2D eigenvalue weighted by atomic mass is 35.5. The predicted molar refractivity (Wildman–Crippen MR) is 111 cm³/mol. The molecule has 0 atom stereocenters. The van der Waals surface area contributed by atoms with Crippen LogP contribution in [0.15, 0.2) is 83.8 Å². The van der Waals surface area contributed by atoms with Gasteiger partial charge in [-0.1, -0.05) is 41.9 Å². The van der Waals surface area contributed by atoms with Gasteiger partial charge in [0.25, 0.3) is 15.9 Å².